The van der Waals surface area contributed by atoms with Crippen LogP contribution < -0.4 is 5.32 Å². The molecule has 1 N–H and O–H groups in total. The Morgan fingerprint density at radius 1 is 0.812 bits per heavy atom. The molecule has 3 aromatic carbocycles. The predicted molar refractivity (Wildman–Crippen MR) is 132 cm³/mol. The minimum Gasteiger partial charge on any atom is -0.352 e. The molecule has 0 aromatic heterocycles. The number of benzene rings is 3. The number of thiocarbonyl (C=S) groups is 1. The van der Waals surface area contributed by atoms with Gasteiger partial charge in [-0.1, -0.05) is 72.3 Å². The Morgan fingerprint density at radius 3 is 1.81 bits per heavy atom. The monoisotopic (exact) mass is 485 g/mol. The van der Waals surface area contributed by atoms with Crippen LogP contribution in [0, 0.1) is 0 Å². The summed E-state index contributed by atoms with van der Waals surface area (Å²) < 4.78 is 27.4. The van der Waals surface area contributed by atoms with Gasteiger partial charge in [0.15, 0.2) is 5.11 Å². The minimum atomic E-state index is -3.55. The lowest BCUT2D eigenvalue weighted by Crippen LogP contribution is -2.53. The van der Waals surface area contributed by atoms with E-state index in [-0.39, 0.29) is 10.9 Å². The van der Waals surface area contributed by atoms with Crippen LogP contribution in [-0.4, -0.2) is 48.9 Å². The summed E-state index contributed by atoms with van der Waals surface area (Å²) in [6.07, 6.45) is 0. The number of nitrogens with one attached hydrogen (secondary N) is 1. The lowest BCUT2D eigenvalue weighted by atomic mass is 9.99. The number of halogens is 1. The Hall–Kier alpha value is -2.45. The highest BCUT2D eigenvalue weighted by Crippen LogP contribution is 2.23. The van der Waals surface area contributed by atoms with Gasteiger partial charge in [-0.3, -0.25) is 0 Å². The first-order chi connectivity index (χ1) is 15.4. The summed E-state index contributed by atoms with van der Waals surface area (Å²) in [5.41, 5.74) is 2.23. The summed E-state index contributed by atoms with van der Waals surface area (Å²) in [5.74, 6) is 0. The molecule has 1 heterocycles. The highest BCUT2D eigenvalue weighted by atomic mass is 35.5. The fraction of sp³-hybridized carbons (Fsp3) is 0.208. The second-order valence-corrected chi connectivity index (χ2v) is 10.3. The van der Waals surface area contributed by atoms with Gasteiger partial charge in [-0.15, -0.1) is 0 Å². The SMILES string of the molecule is O=S(=O)(c1ccc(Cl)cc1)N1CCN(C(=S)NC(c2ccccc2)c2ccccc2)CC1. The van der Waals surface area contributed by atoms with Gasteiger partial charge in [0, 0.05) is 31.2 Å². The number of sulfonamides is 1. The van der Waals surface area contributed by atoms with E-state index >= 15 is 0 Å². The minimum absolute atomic E-state index is 0.0827. The van der Waals surface area contributed by atoms with E-state index in [0.717, 1.165) is 11.1 Å². The molecule has 0 atom stereocenters. The second kappa shape index (κ2) is 10.0. The van der Waals surface area contributed by atoms with Crippen LogP contribution in [0.1, 0.15) is 17.2 Å². The van der Waals surface area contributed by atoms with Gasteiger partial charge in [0.25, 0.3) is 0 Å². The topological polar surface area (TPSA) is 52.7 Å². The molecule has 3 aromatic rings. The van der Waals surface area contributed by atoms with E-state index in [1.807, 2.05) is 41.3 Å². The molecule has 0 aliphatic carbocycles. The zero-order valence-electron chi connectivity index (χ0n) is 17.4. The average molecular weight is 486 g/mol. The van der Waals surface area contributed by atoms with E-state index in [2.05, 4.69) is 29.6 Å². The summed E-state index contributed by atoms with van der Waals surface area (Å²) in [4.78, 5) is 2.28. The van der Waals surface area contributed by atoms with Crippen LogP contribution >= 0.6 is 23.8 Å². The molecule has 0 radical (unpaired) electrons. The van der Waals surface area contributed by atoms with Gasteiger partial charge in [-0.25, -0.2) is 8.42 Å². The van der Waals surface area contributed by atoms with E-state index in [0.29, 0.717) is 36.3 Å². The van der Waals surface area contributed by atoms with E-state index in [1.54, 1.807) is 24.3 Å². The number of hydrogen-bond acceptors (Lipinski definition) is 3. The Balaban J connectivity index is 1.44. The molecular weight excluding hydrogens is 462 g/mol. The first-order valence-electron chi connectivity index (χ1n) is 10.4. The largest absolute Gasteiger partial charge is 0.352 e. The molecule has 1 saturated heterocycles. The molecule has 0 spiro atoms. The maximum atomic E-state index is 12.9. The van der Waals surface area contributed by atoms with Crippen molar-refractivity contribution in [2.24, 2.45) is 0 Å². The fourth-order valence-electron chi connectivity index (χ4n) is 3.75. The van der Waals surface area contributed by atoms with Crippen molar-refractivity contribution in [3.8, 4) is 0 Å². The van der Waals surface area contributed by atoms with Gasteiger partial charge in [0.1, 0.15) is 0 Å². The van der Waals surface area contributed by atoms with Crippen molar-refractivity contribution in [3.05, 3.63) is 101 Å². The van der Waals surface area contributed by atoms with Gasteiger partial charge in [-0.05, 0) is 47.6 Å². The molecule has 4 rings (SSSR count). The first kappa shape index (κ1) is 22.7. The Labute approximate surface area is 199 Å². The third-order valence-electron chi connectivity index (χ3n) is 5.51. The summed E-state index contributed by atoms with van der Waals surface area (Å²) in [5, 5.41) is 4.61. The zero-order valence-corrected chi connectivity index (χ0v) is 19.8. The van der Waals surface area contributed by atoms with Crippen molar-refractivity contribution in [2.75, 3.05) is 26.2 Å². The van der Waals surface area contributed by atoms with Crippen LogP contribution in [-0.2, 0) is 10.0 Å². The summed E-state index contributed by atoms with van der Waals surface area (Å²) in [6, 6.07) is 26.5. The summed E-state index contributed by atoms with van der Waals surface area (Å²) in [7, 11) is -3.55. The molecule has 166 valence electrons. The third-order valence-corrected chi connectivity index (χ3v) is 8.05. The molecule has 0 bridgehead atoms. The van der Waals surface area contributed by atoms with Crippen molar-refractivity contribution >= 4 is 39.0 Å². The van der Waals surface area contributed by atoms with Crippen LogP contribution in [0.2, 0.25) is 5.02 Å². The van der Waals surface area contributed by atoms with Crippen LogP contribution in [0.4, 0.5) is 0 Å². The summed E-state index contributed by atoms with van der Waals surface area (Å²) in [6.45, 7) is 1.78. The average Bonchev–Trinajstić information content (AvgIpc) is 2.84. The lowest BCUT2D eigenvalue weighted by Gasteiger charge is -2.36. The Kier molecular flexibility index (Phi) is 7.10. The smallest absolute Gasteiger partial charge is 0.243 e. The van der Waals surface area contributed by atoms with Crippen molar-refractivity contribution in [1.29, 1.82) is 0 Å². The molecule has 1 aliphatic heterocycles. The first-order valence-corrected chi connectivity index (χ1v) is 12.6. The molecule has 0 saturated carbocycles. The van der Waals surface area contributed by atoms with Gasteiger partial charge in [0.2, 0.25) is 10.0 Å². The van der Waals surface area contributed by atoms with Crippen LogP contribution in [0.5, 0.6) is 0 Å². The quantitative estimate of drug-likeness (QED) is 0.546. The van der Waals surface area contributed by atoms with Gasteiger partial charge in [0.05, 0.1) is 10.9 Å². The highest BCUT2D eigenvalue weighted by Gasteiger charge is 2.30. The molecule has 0 amide bonds. The maximum absolute atomic E-state index is 12.9. The fourth-order valence-corrected chi connectivity index (χ4v) is 5.60. The van der Waals surface area contributed by atoms with Crippen molar-refractivity contribution in [2.45, 2.75) is 10.9 Å². The van der Waals surface area contributed by atoms with Crippen LogP contribution in [0.25, 0.3) is 0 Å². The third kappa shape index (κ3) is 5.13. The molecule has 1 aliphatic rings. The van der Waals surface area contributed by atoms with E-state index in [9.17, 15) is 8.42 Å². The number of rotatable bonds is 5. The standard InChI is InChI=1S/C24H24ClN3O2S2/c25-21-11-13-22(14-12-21)32(29,30)28-17-15-27(16-18-28)24(31)26-23(19-7-3-1-4-8-19)20-9-5-2-6-10-20/h1-14,23H,15-18H2,(H,26,31). The van der Waals surface area contributed by atoms with E-state index in [4.69, 9.17) is 23.8 Å². The number of nitrogens with zero attached hydrogens (tertiary/aromatic N) is 2. The van der Waals surface area contributed by atoms with E-state index in [1.165, 1.54) is 4.31 Å². The second-order valence-electron chi connectivity index (χ2n) is 7.55. The van der Waals surface area contributed by atoms with Crippen molar-refractivity contribution in [1.82, 2.24) is 14.5 Å². The van der Waals surface area contributed by atoms with Gasteiger partial charge in [-0.2, -0.15) is 4.31 Å². The molecule has 0 unspecified atom stereocenters. The van der Waals surface area contributed by atoms with Crippen molar-refractivity contribution in [3.63, 3.8) is 0 Å². The van der Waals surface area contributed by atoms with Crippen molar-refractivity contribution < 1.29 is 8.42 Å². The predicted octanol–water partition coefficient (Wildman–Crippen LogP) is 4.31. The molecular formula is C24H24ClN3O2S2. The Morgan fingerprint density at radius 2 is 1.31 bits per heavy atom. The zero-order chi connectivity index (χ0) is 22.6. The van der Waals surface area contributed by atoms with Gasteiger partial charge >= 0.3 is 0 Å². The van der Waals surface area contributed by atoms with Crippen LogP contribution in [0.15, 0.2) is 89.8 Å². The molecule has 32 heavy (non-hydrogen) atoms. The molecule has 5 nitrogen and oxygen atoms in total. The van der Waals surface area contributed by atoms with Gasteiger partial charge < -0.3 is 10.2 Å². The molecule has 1 fully saturated rings. The lowest BCUT2D eigenvalue weighted by molar-refractivity contribution is 0.263. The number of piperazine rings is 1. The molecule has 8 heteroatoms. The van der Waals surface area contributed by atoms with Crippen LogP contribution in [0.3, 0.4) is 0 Å². The maximum Gasteiger partial charge on any atom is 0.243 e. The summed E-state index contributed by atoms with van der Waals surface area (Å²) >= 11 is 11.6. The normalized spacial score (nSPS) is 15.0. The Bertz CT molecular complexity index is 1110. The highest BCUT2D eigenvalue weighted by molar-refractivity contribution is 7.89. The number of hydrogen-bond donors (Lipinski definition) is 1. The van der Waals surface area contributed by atoms with E-state index < -0.39 is 10.0 Å².